The van der Waals surface area contributed by atoms with Gasteiger partial charge in [0.25, 0.3) is 6.47 Å². The molecule has 0 aliphatic carbocycles. The Morgan fingerprint density at radius 2 is 2.18 bits per heavy atom. The van der Waals surface area contributed by atoms with Crippen molar-refractivity contribution in [2.24, 2.45) is 0 Å². The third-order valence-corrected chi connectivity index (χ3v) is 2.93. The maximum Gasteiger partial charge on any atom is 0.338 e. The molecule has 0 saturated heterocycles. The Bertz CT molecular complexity index is 429. The first-order valence-corrected chi connectivity index (χ1v) is 6.08. The van der Waals surface area contributed by atoms with Gasteiger partial charge in [0.15, 0.2) is 0 Å². The Labute approximate surface area is 108 Å². The largest absolute Gasteiger partial charge is 0.465 e. The molecule has 1 aromatic carbocycles. The van der Waals surface area contributed by atoms with Gasteiger partial charge in [0.05, 0.1) is 12.7 Å². The number of methoxy groups -OCH3 is 1. The molecule has 1 aromatic rings. The van der Waals surface area contributed by atoms with E-state index >= 15 is 0 Å². The molecule has 0 radical (unpaired) electrons. The fourth-order valence-corrected chi connectivity index (χ4v) is 2.10. The molecule has 0 spiro atoms. The molecule has 0 heterocycles. The highest BCUT2D eigenvalue weighted by Crippen LogP contribution is 2.21. The van der Waals surface area contributed by atoms with Crippen LogP contribution in [0, 0.1) is 6.92 Å². The van der Waals surface area contributed by atoms with Crippen LogP contribution in [0.5, 0.6) is 0 Å². The first-order valence-electron chi connectivity index (χ1n) is 4.96. The number of esters is 1. The molecule has 17 heavy (non-hydrogen) atoms. The first-order chi connectivity index (χ1) is 8.13. The molecule has 0 fully saturated rings. The van der Waals surface area contributed by atoms with E-state index in [1.165, 1.54) is 7.11 Å². The average Bonchev–Trinajstić information content (AvgIpc) is 2.34. The quantitative estimate of drug-likeness (QED) is 0.476. The smallest absolute Gasteiger partial charge is 0.338 e. The van der Waals surface area contributed by atoms with Crippen LogP contribution in [0.4, 0.5) is 0 Å². The number of aryl methyl sites for hydroxylation is 1. The number of halogens is 1. The zero-order chi connectivity index (χ0) is 12.8. The minimum Gasteiger partial charge on any atom is -0.465 e. The zero-order valence-electron chi connectivity index (χ0n) is 9.66. The predicted octanol–water partition coefficient (Wildman–Crippen LogP) is 2.35. The predicted molar refractivity (Wildman–Crippen MR) is 66.0 cm³/mol. The number of ether oxygens (including phenoxy) is 2. The molecule has 5 heteroatoms. The summed E-state index contributed by atoms with van der Waals surface area (Å²) >= 11 is 3.32. The van der Waals surface area contributed by atoms with E-state index in [1.54, 1.807) is 0 Å². The molecule has 1 rings (SSSR count). The van der Waals surface area contributed by atoms with Crippen LogP contribution in [-0.2, 0) is 26.2 Å². The van der Waals surface area contributed by atoms with Gasteiger partial charge in [-0.1, -0.05) is 28.1 Å². The number of alkyl halides is 1. The third kappa shape index (κ3) is 3.30. The standard InChI is InChI=1S/C12H13BrO4/c1-8-3-9(6-17-7-14)4-10(5-13)11(8)12(15)16-2/h3-4,7H,5-6H2,1-2H3. The van der Waals surface area contributed by atoms with Crippen molar-refractivity contribution in [1.82, 2.24) is 0 Å². The highest BCUT2D eigenvalue weighted by atomic mass is 79.9. The Hall–Kier alpha value is -1.36. The number of rotatable bonds is 5. The second-order valence-corrected chi connectivity index (χ2v) is 4.04. The molecule has 4 nitrogen and oxygen atoms in total. The summed E-state index contributed by atoms with van der Waals surface area (Å²) in [6.45, 7) is 2.42. The summed E-state index contributed by atoms with van der Waals surface area (Å²) in [6, 6.07) is 3.62. The van der Waals surface area contributed by atoms with E-state index < -0.39 is 0 Å². The summed E-state index contributed by atoms with van der Waals surface area (Å²) in [7, 11) is 1.35. The van der Waals surface area contributed by atoms with E-state index in [2.05, 4.69) is 20.7 Å². The van der Waals surface area contributed by atoms with Gasteiger partial charge in [-0.3, -0.25) is 4.79 Å². The Morgan fingerprint density at radius 1 is 1.47 bits per heavy atom. The van der Waals surface area contributed by atoms with Crippen molar-refractivity contribution in [1.29, 1.82) is 0 Å². The number of hydrogen-bond acceptors (Lipinski definition) is 4. The van der Waals surface area contributed by atoms with Crippen molar-refractivity contribution in [3.63, 3.8) is 0 Å². The molecule has 0 bridgehead atoms. The van der Waals surface area contributed by atoms with Crippen LogP contribution in [0.25, 0.3) is 0 Å². The Kier molecular flexibility index (Phi) is 5.15. The molecule has 0 amide bonds. The molecule has 0 aliphatic heterocycles. The normalized spacial score (nSPS) is 9.82. The summed E-state index contributed by atoms with van der Waals surface area (Å²) in [5.74, 6) is -0.361. The van der Waals surface area contributed by atoms with Gasteiger partial charge in [-0.15, -0.1) is 0 Å². The van der Waals surface area contributed by atoms with Gasteiger partial charge in [-0.25, -0.2) is 4.79 Å². The minimum absolute atomic E-state index is 0.200. The van der Waals surface area contributed by atoms with E-state index in [4.69, 9.17) is 4.74 Å². The minimum atomic E-state index is -0.361. The number of benzene rings is 1. The Morgan fingerprint density at radius 3 is 2.71 bits per heavy atom. The fraction of sp³-hybridized carbons (Fsp3) is 0.333. The molecular formula is C12H13BrO4. The van der Waals surface area contributed by atoms with E-state index in [9.17, 15) is 9.59 Å². The van der Waals surface area contributed by atoms with Crippen molar-refractivity contribution in [2.45, 2.75) is 18.9 Å². The second kappa shape index (κ2) is 6.39. The molecule has 0 saturated carbocycles. The van der Waals surface area contributed by atoms with Gasteiger partial charge in [-0.05, 0) is 23.6 Å². The van der Waals surface area contributed by atoms with E-state index in [-0.39, 0.29) is 12.6 Å². The molecule has 0 atom stereocenters. The van der Waals surface area contributed by atoms with Crippen LogP contribution in [0.15, 0.2) is 12.1 Å². The first kappa shape index (κ1) is 13.7. The number of carbonyl (C=O) groups is 2. The Balaban J connectivity index is 3.15. The lowest BCUT2D eigenvalue weighted by Gasteiger charge is -2.11. The molecule has 92 valence electrons. The maximum absolute atomic E-state index is 11.6. The number of hydrogen-bond donors (Lipinski definition) is 0. The number of carbonyl (C=O) groups excluding carboxylic acids is 2. The highest BCUT2D eigenvalue weighted by molar-refractivity contribution is 9.08. The van der Waals surface area contributed by atoms with Crippen LogP contribution < -0.4 is 0 Å². The fourth-order valence-electron chi connectivity index (χ4n) is 1.65. The van der Waals surface area contributed by atoms with Crippen LogP contribution in [-0.4, -0.2) is 19.6 Å². The van der Waals surface area contributed by atoms with Gasteiger partial charge >= 0.3 is 5.97 Å². The van der Waals surface area contributed by atoms with Crippen LogP contribution in [0.2, 0.25) is 0 Å². The lowest BCUT2D eigenvalue weighted by molar-refractivity contribution is -0.129. The average molecular weight is 301 g/mol. The van der Waals surface area contributed by atoms with E-state index in [0.29, 0.717) is 17.4 Å². The van der Waals surface area contributed by atoms with Gasteiger partial charge < -0.3 is 9.47 Å². The lowest BCUT2D eigenvalue weighted by Crippen LogP contribution is -2.08. The van der Waals surface area contributed by atoms with E-state index in [0.717, 1.165) is 16.7 Å². The summed E-state index contributed by atoms with van der Waals surface area (Å²) in [4.78, 5) is 21.7. The van der Waals surface area contributed by atoms with Gasteiger partial charge in [0, 0.05) is 5.33 Å². The molecule has 0 aliphatic rings. The van der Waals surface area contributed by atoms with Crippen LogP contribution in [0.1, 0.15) is 27.0 Å². The topological polar surface area (TPSA) is 52.6 Å². The maximum atomic E-state index is 11.6. The lowest BCUT2D eigenvalue weighted by atomic mass is 9.99. The highest BCUT2D eigenvalue weighted by Gasteiger charge is 2.15. The molecular weight excluding hydrogens is 288 g/mol. The van der Waals surface area contributed by atoms with Crippen molar-refractivity contribution < 1.29 is 19.1 Å². The zero-order valence-corrected chi connectivity index (χ0v) is 11.2. The van der Waals surface area contributed by atoms with Crippen LogP contribution in [0.3, 0.4) is 0 Å². The van der Waals surface area contributed by atoms with Crippen molar-refractivity contribution in [3.8, 4) is 0 Å². The van der Waals surface area contributed by atoms with Crippen molar-refractivity contribution >= 4 is 28.4 Å². The molecule has 0 aromatic heterocycles. The molecule has 0 N–H and O–H groups in total. The third-order valence-electron chi connectivity index (χ3n) is 2.33. The van der Waals surface area contributed by atoms with Gasteiger partial charge in [-0.2, -0.15) is 0 Å². The van der Waals surface area contributed by atoms with Crippen LogP contribution >= 0.6 is 15.9 Å². The summed E-state index contributed by atoms with van der Waals surface area (Å²) in [6.07, 6.45) is 0. The summed E-state index contributed by atoms with van der Waals surface area (Å²) < 4.78 is 9.42. The molecule has 0 unspecified atom stereocenters. The van der Waals surface area contributed by atoms with Crippen molar-refractivity contribution in [2.75, 3.05) is 7.11 Å². The second-order valence-electron chi connectivity index (χ2n) is 3.48. The van der Waals surface area contributed by atoms with Gasteiger partial charge in [0.1, 0.15) is 6.61 Å². The van der Waals surface area contributed by atoms with E-state index in [1.807, 2.05) is 19.1 Å². The van der Waals surface area contributed by atoms with Crippen molar-refractivity contribution in [3.05, 3.63) is 34.4 Å². The monoisotopic (exact) mass is 300 g/mol. The van der Waals surface area contributed by atoms with Gasteiger partial charge in [0.2, 0.25) is 0 Å². The summed E-state index contributed by atoms with van der Waals surface area (Å²) in [5.41, 5.74) is 3.02. The SMILES string of the molecule is COC(=O)c1c(C)cc(COC=O)cc1CBr. The summed E-state index contributed by atoms with van der Waals surface area (Å²) in [5, 5.41) is 0.535.